The number of aryl methyl sites for hydroxylation is 1. The minimum Gasteiger partial charge on any atom is -0.378 e. The molecule has 1 aliphatic carbocycles. The molecule has 1 unspecified atom stereocenters. The van der Waals surface area contributed by atoms with Gasteiger partial charge in [0.1, 0.15) is 0 Å². The van der Waals surface area contributed by atoms with Gasteiger partial charge in [0.2, 0.25) is 0 Å². The highest BCUT2D eigenvalue weighted by atomic mass is 35.5. The van der Waals surface area contributed by atoms with E-state index >= 15 is 0 Å². The molecule has 17 heavy (non-hydrogen) atoms. The Kier molecular flexibility index (Phi) is 5.30. The first kappa shape index (κ1) is 12.9. The van der Waals surface area contributed by atoms with Crippen LogP contribution < -0.4 is 0 Å². The van der Waals surface area contributed by atoms with Crippen LogP contribution in [-0.2, 0) is 15.9 Å². The Bertz CT molecular complexity index is 341. The van der Waals surface area contributed by atoms with Gasteiger partial charge in [-0.05, 0) is 30.4 Å². The molecule has 0 aromatic heterocycles. The summed E-state index contributed by atoms with van der Waals surface area (Å²) >= 11 is 5.53. The Morgan fingerprint density at radius 3 is 2.94 bits per heavy atom. The van der Waals surface area contributed by atoms with E-state index in [9.17, 15) is 0 Å². The Balaban J connectivity index is 1.82. The second-order valence-electron chi connectivity index (χ2n) is 4.25. The fourth-order valence-electron chi connectivity index (χ4n) is 2.29. The van der Waals surface area contributed by atoms with Crippen LogP contribution in [0.15, 0.2) is 24.3 Å². The van der Waals surface area contributed by atoms with Crippen LogP contribution in [0.1, 0.15) is 30.1 Å². The highest BCUT2D eigenvalue weighted by molar-refractivity contribution is 6.17. The van der Waals surface area contributed by atoms with Gasteiger partial charge in [-0.1, -0.05) is 24.3 Å². The fourth-order valence-corrected chi connectivity index (χ4v) is 2.40. The third-order valence-electron chi connectivity index (χ3n) is 3.08. The zero-order valence-electron chi connectivity index (χ0n) is 10.0. The van der Waals surface area contributed by atoms with Crippen LogP contribution in [0.3, 0.4) is 0 Å². The zero-order chi connectivity index (χ0) is 11.9. The average molecular weight is 255 g/mol. The number of alkyl halides is 1. The predicted octanol–water partition coefficient (Wildman–Crippen LogP) is 3.34. The van der Waals surface area contributed by atoms with Crippen molar-refractivity contribution in [1.82, 2.24) is 0 Å². The molecule has 1 aliphatic rings. The van der Waals surface area contributed by atoms with Gasteiger partial charge in [-0.15, -0.1) is 11.6 Å². The fraction of sp³-hybridized carbons (Fsp3) is 0.571. The summed E-state index contributed by atoms with van der Waals surface area (Å²) < 4.78 is 11.2. The summed E-state index contributed by atoms with van der Waals surface area (Å²) in [4.78, 5) is 0. The number of hydrogen-bond donors (Lipinski definition) is 0. The normalized spacial score (nSPS) is 19.0. The quantitative estimate of drug-likeness (QED) is 0.573. The molecule has 0 aliphatic heterocycles. The molecule has 0 bridgehead atoms. The molecule has 0 saturated heterocycles. The number of rotatable bonds is 6. The van der Waals surface area contributed by atoms with E-state index < -0.39 is 0 Å². The van der Waals surface area contributed by atoms with Crippen molar-refractivity contribution in [3.63, 3.8) is 0 Å². The van der Waals surface area contributed by atoms with E-state index in [2.05, 4.69) is 24.3 Å². The first-order valence-corrected chi connectivity index (χ1v) is 6.78. The van der Waals surface area contributed by atoms with Crippen LogP contribution in [0.25, 0.3) is 0 Å². The summed E-state index contributed by atoms with van der Waals surface area (Å²) in [5.41, 5.74) is 2.79. The molecular formula is C14H19ClO2. The Hall–Kier alpha value is -0.570. The lowest BCUT2D eigenvalue weighted by Crippen LogP contribution is -2.15. The van der Waals surface area contributed by atoms with Crippen molar-refractivity contribution in [2.75, 3.05) is 25.7 Å². The molecule has 0 radical (unpaired) electrons. The Morgan fingerprint density at radius 2 is 2.06 bits per heavy atom. The lowest BCUT2D eigenvalue weighted by Gasteiger charge is -2.25. The van der Waals surface area contributed by atoms with E-state index in [-0.39, 0.29) is 6.10 Å². The minimum atomic E-state index is 0.250. The highest BCUT2D eigenvalue weighted by Gasteiger charge is 2.19. The summed E-state index contributed by atoms with van der Waals surface area (Å²) in [6, 6.07) is 8.57. The molecule has 0 saturated carbocycles. The first-order valence-electron chi connectivity index (χ1n) is 6.25. The summed E-state index contributed by atoms with van der Waals surface area (Å²) in [5, 5.41) is 0. The molecule has 3 heteroatoms. The largest absolute Gasteiger partial charge is 0.378 e. The van der Waals surface area contributed by atoms with Gasteiger partial charge >= 0.3 is 0 Å². The molecule has 0 spiro atoms. The second kappa shape index (κ2) is 7.00. The standard InChI is InChI=1S/C14H19ClO2/c15-8-9-16-10-11-17-14-7-3-5-12-4-1-2-6-13(12)14/h1-2,4,6,14H,3,5,7-11H2. The SMILES string of the molecule is ClCCOCCOC1CCCc2ccccc21. The number of benzene rings is 1. The molecule has 0 N–H and O–H groups in total. The van der Waals surface area contributed by atoms with Gasteiger partial charge in [0.05, 0.1) is 25.9 Å². The van der Waals surface area contributed by atoms with E-state index in [4.69, 9.17) is 21.1 Å². The van der Waals surface area contributed by atoms with Crippen molar-refractivity contribution >= 4 is 11.6 Å². The monoisotopic (exact) mass is 254 g/mol. The lowest BCUT2D eigenvalue weighted by molar-refractivity contribution is -0.000436. The summed E-state index contributed by atoms with van der Waals surface area (Å²) in [6.07, 6.45) is 3.76. The molecular weight excluding hydrogens is 236 g/mol. The molecule has 0 amide bonds. The molecule has 2 rings (SSSR count). The van der Waals surface area contributed by atoms with Crippen LogP contribution >= 0.6 is 11.6 Å². The molecule has 1 atom stereocenters. The van der Waals surface area contributed by atoms with Gasteiger partial charge in [0.25, 0.3) is 0 Å². The highest BCUT2D eigenvalue weighted by Crippen LogP contribution is 2.31. The predicted molar refractivity (Wildman–Crippen MR) is 69.6 cm³/mol. The van der Waals surface area contributed by atoms with Crippen molar-refractivity contribution in [3.05, 3.63) is 35.4 Å². The maximum absolute atomic E-state index is 5.89. The molecule has 94 valence electrons. The maximum atomic E-state index is 5.89. The van der Waals surface area contributed by atoms with E-state index in [1.165, 1.54) is 24.0 Å². The van der Waals surface area contributed by atoms with Crippen molar-refractivity contribution in [3.8, 4) is 0 Å². The van der Waals surface area contributed by atoms with Gasteiger partial charge in [0, 0.05) is 5.88 Å². The minimum absolute atomic E-state index is 0.250. The van der Waals surface area contributed by atoms with Crippen LogP contribution in [0.2, 0.25) is 0 Å². The number of fused-ring (bicyclic) bond motifs is 1. The summed E-state index contributed by atoms with van der Waals surface area (Å²) in [6.45, 7) is 1.88. The third-order valence-corrected chi connectivity index (χ3v) is 3.24. The topological polar surface area (TPSA) is 18.5 Å². The van der Waals surface area contributed by atoms with E-state index in [1.54, 1.807) is 0 Å². The van der Waals surface area contributed by atoms with Gasteiger partial charge in [-0.25, -0.2) is 0 Å². The van der Waals surface area contributed by atoms with Gasteiger partial charge < -0.3 is 9.47 Å². The van der Waals surface area contributed by atoms with Crippen LogP contribution in [0, 0.1) is 0 Å². The van der Waals surface area contributed by atoms with Crippen LogP contribution in [0.4, 0.5) is 0 Å². The van der Waals surface area contributed by atoms with Crippen LogP contribution in [0.5, 0.6) is 0 Å². The van der Waals surface area contributed by atoms with E-state index in [0.29, 0.717) is 25.7 Å². The molecule has 0 heterocycles. The van der Waals surface area contributed by atoms with Gasteiger partial charge in [0.15, 0.2) is 0 Å². The number of hydrogen-bond acceptors (Lipinski definition) is 2. The molecule has 1 aromatic rings. The van der Waals surface area contributed by atoms with Gasteiger partial charge in [-0.2, -0.15) is 0 Å². The van der Waals surface area contributed by atoms with Crippen molar-refractivity contribution in [2.24, 2.45) is 0 Å². The molecule has 1 aromatic carbocycles. The molecule has 2 nitrogen and oxygen atoms in total. The number of halogens is 1. The summed E-state index contributed by atoms with van der Waals surface area (Å²) in [5.74, 6) is 0.548. The zero-order valence-corrected chi connectivity index (χ0v) is 10.8. The van der Waals surface area contributed by atoms with Gasteiger partial charge in [-0.3, -0.25) is 0 Å². The summed E-state index contributed by atoms with van der Waals surface area (Å²) in [7, 11) is 0. The first-order chi connectivity index (χ1) is 8.42. The van der Waals surface area contributed by atoms with Crippen molar-refractivity contribution < 1.29 is 9.47 Å². The second-order valence-corrected chi connectivity index (χ2v) is 4.63. The van der Waals surface area contributed by atoms with E-state index in [1.807, 2.05) is 0 Å². The maximum Gasteiger partial charge on any atom is 0.0828 e. The Labute approximate surface area is 108 Å². The lowest BCUT2D eigenvalue weighted by atomic mass is 9.89. The Morgan fingerprint density at radius 1 is 1.18 bits per heavy atom. The molecule has 0 fully saturated rings. The van der Waals surface area contributed by atoms with E-state index in [0.717, 1.165) is 6.42 Å². The smallest absolute Gasteiger partial charge is 0.0828 e. The van der Waals surface area contributed by atoms with Crippen molar-refractivity contribution in [1.29, 1.82) is 0 Å². The van der Waals surface area contributed by atoms with Crippen LogP contribution in [-0.4, -0.2) is 25.7 Å². The third kappa shape index (κ3) is 3.70. The van der Waals surface area contributed by atoms with Crippen molar-refractivity contribution in [2.45, 2.75) is 25.4 Å². The average Bonchev–Trinajstić information content (AvgIpc) is 2.39. The number of ether oxygens (including phenoxy) is 2.